The summed E-state index contributed by atoms with van der Waals surface area (Å²) in [4.78, 5) is 4.98. The maximum Gasteiger partial charge on any atom is 0.170 e. The zero-order valence-corrected chi connectivity index (χ0v) is 11.1. The zero-order valence-electron chi connectivity index (χ0n) is 10.2. The second-order valence-electron chi connectivity index (χ2n) is 3.64. The third kappa shape index (κ3) is 3.35. The minimum Gasteiger partial charge on any atom is -0.497 e. The van der Waals surface area contributed by atoms with Crippen LogP contribution in [-0.2, 0) is 6.61 Å². The quantitative estimate of drug-likeness (QED) is 0.377. The lowest BCUT2D eigenvalue weighted by Crippen LogP contribution is -2.13. The lowest BCUT2D eigenvalue weighted by Gasteiger charge is -2.09. The Labute approximate surface area is 114 Å². The third-order valence-electron chi connectivity index (χ3n) is 2.38. The molecule has 7 heteroatoms. The summed E-state index contributed by atoms with van der Waals surface area (Å²) in [6, 6.07) is 5.07. The minimum atomic E-state index is 0.00143. The van der Waals surface area contributed by atoms with Crippen molar-refractivity contribution in [3.8, 4) is 11.5 Å². The molecule has 0 amide bonds. The van der Waals surface area contributed by atoms with E-state index in [0.717, 1.165) is 4.88 Å². The number of rotatable bonds is 5. The van der Waals surface area contributed by atoms with Crippen LogP contribution >= 0.6 is 11.3 Å². The summed E-state index contributed by atoms with van der Waals surface area (Å²) in [7, 11) is 1.54. The van der Waals surface area contributed by atoms with E-state index in [1.54, 1.807) is 37.0 Å². The summed E-state index contributed by atoms with van der Waals surface area (Å²) in [5.74, 6) is 1.15. The van der Waals surface area contributed by atoms with Crippen molar-refractivity contribution in [1.82, 2.24) is 4.98 Å². The molecule has 1 aromatic carbocycles. The van der Waals surface area contributed by atoms with Gasteiger partial charge < -0.3 is 20.4 Å². The summed E-state index contributed by atoms with van der Waals surface area (Å²) < 4.78 is 10.8. The van der Waals surface area contributed by atoms with Crippen LogP contribution in [0.4, 0.5) is 0 Å². The van der Waals surface area contributed by atoms with E-state index in [-0.39, 0.29) is 5.84 Å². The predicted molar refractivity (Wildman–Crippen MR) is 72.0 cm³/mol. The van der Waals surface area contributed by atoms with Gasteiger partial charge in [0.25, 0.3) is 0 Å². The van der Waals surface area contributed by atoms with Crippen LogP contribution < -0.4 is 15.2 Å². The molecule has 0 saturated heterocycles. The Hall–Kier alpha value is -2.28. The molecule has 2 aromatic rings. The van der Waals surface area contributed by atoms with E-state index in [1.165, 1.54) is 11.3 Å². The van der Waals surface area contributed by atoms with Crippen molar-refractivity contribution in [3.05, 3.63) is 40.3 Å². The molecule has 2 rings (SSSR count). The van der Waals surface area contributed by atoms with Crippen LogP contribution in [0.5, 0.6) is 11.5 Å². The maximum atomic E-state index is 8.70. The second-order valence-corrected chi connectivity index (χ2v) is 4.61. The number of methoxy groups -OCH3 is 1. The number of nitrogens with two attached hydrogens (primary N) is 1. The number of ether oxygens (including phenoxy) is 2. The predicted octanol–water partition coefficient (Wildman–Crippen LogP) is 1.83. The Morgan fingerprint density at radius 2 is 2.21 bits per heavy atom. The van der Waals surface area contributed by atoms with Crippen LogP contribution in [0.2, 0.25) is 0 Å². The SMILES string of the molecule is COc1cc(OCc2cncs2)cc(/C(N)=N/O)c1. The lowest BCUT2D eigenvalue weighted by molar-refractivity contribution is 0.306. The van der Waals surface area contributed by atoms with Crippen molar-refractivity contribution < 1.29 is 14.7 Å². The van der Waals surface area contributed by atoms with Gasteiger partial charge in [0.15, 0.2) is 5.84 Å². The van der Waals surface area contributed by atoms with Crippen LogP contribution in [-0.4, -0.2) is 23.1 Å². The molecular formula is C12H13N3O3S. The van der Waals surface area contributed by atoms with Gasteiger partial charge in [-0.15, -0.1) is 11.3 Å². The van der Waals surface area contributed by atoms with Crippen molar-refractivity contribution in [2.24, 2.45) is 10.9 Å². The molecule has 0 aliphatic heterocycles. The van der Waals surface area contributed by atoms with Crippen LogP contribution in [0.1, 0.15) is 10.4 Å². The number of hydrogen-bond donors (Lipinski definition) is 2. The molecule has 0 aliphatic carbocycles. The van der Waals surface area contributed by atoms with E-state index in [1.807, 2.05) is 0 Å². The van der Waals surface area contributed by atoms with Crippen LogP contribution in [0.15, 0.2) is 35.1 Å². The van der Waals surface area contributed by atoms with Crippen molar-refractivity contribution in [2.75, 3.05) is 7.11 Å². The molecule has 0 atom stereocenters. The van der Waals surface area contributed by atoms with Gasteiger partial charge >= 0.3 is 0 Å². The highest BCUT2D eigenvalue weighted by Gasteiger charge is 2.07. The summed E-state index contributed by atoms with van der Waals surface area (Å²) in [5, 5.41) is 11.7. The second kappa shape index (κ2) is 6.05. The number of benzene rings is 1. The van der Waals surface area contributed by atoms with E-state index in [4.69, 9.17) is 20.4 Å². The normalized spacial score (nSPS) is 11.3. The molecule has 100 valence electrons. The first-order valence-corrected chi connectivity index (χ1v) is 6.28. The minimum absolute atomic E-state index is 0.00143. The molecule has 0 saturated carbocycles. The van der Waals surface area contributed by atoms with Gasteiger partial charge in [-0.1, -0.05) is 5.16 Å². The fourth-order valence-corrected chi connectivity index (χ4v) is 1.95. The summed E-state index contributed by atoms with van der Waals surface area (Å²) >= 11 is 1.51. The first kappa shape index (κ1) is 13.2. The van der Waals surface area contributed by atoms with E-state index in [2.05, 4.69) is 10.1 Å². The molecule has 19 heavy (non-hydrogen) atoms. The van der Waals surface area contributed by atoms with Crippen molar-refractivity contribution in [2.45, 2.75) is 6.61 Å². The van der Waals surface area contributed by atoms with Crippen molar-refractivity contribution >= 4 is 17.2 Å². The third-order valence-corrected chi connectivity index (χ3v) is 3.14. The fourth-order valence-electron chi connectivity index (χ4n) is 1.45. The Bertz CT molecular complexity index is 570. The van der Waals surface area contributed by atoms with Gasteiger partial charge in [-0.05, 0) is 12.1 Å². The highest BCUT2D eigenvalue weighted by atomic mass is 32.1. The van der Waals surface area contributed by atoms with E-state index < -0.39 is 0 Å². The van der Waals surface area contributed by atoms with Gasteiger partial charge in [0.2, 0.25) is 0 Å². The monoisotopic (exact) mass is 279 g/mol. The lowest BCUT2D eigenvalue weighted by atomic mass is 10.2. The highest BCUT2D eigenvalue weighted by molar-refractivity contribution is 7.09. The molecular weight excluding hydrogens is 266 g/mol. The van der Waals surface area contributed by atoms with E-state index in [9.17, 15) is 0 Å². The summed E-state index contributed by atoms with van der Waals surface area (Å²) in [6.45, 7) is 0.410. The molecule has 0 bridgehead atoms. The molecule has 3 N–H and O–H groups in total. The Morgan fingerprint density at radius 3 is 2.84 bits per heavy atom. The van der Waals surface area contributed by atoms with Gasteiger partial charge in [-0.25, -0.2) is 0 Å². The number of amidine groups is 1. The van der Waals surface area contributed by atoms with Crippen molar-refractivity contribution in [3.63, 3.8) is 0 Å². The molecule has 0 unspecified atom stereocenters. The zero-order chi connectivity index (χ0) is 13.7. The smallest absolute Gasteiger partial charge is 0.170 e. The van der Waals surface area contributed by atoms with Gasteiger partial charge in [-0.3, -0.25) is 4.98 Å². The fraction of sp³-hybridized carbons (Fsp3) is 0.167. The standard InChI is InChI=1S/C12H13N3O3S/c1-17-9-2-8(12(13)15-16)3-10(4-9)18-6-11-5-14-7-19-11/h2-5,7,16H,6H2,1H3,(H2,13,15). The molecule has 0 fully saturated rings. The van der Waals surface area contributed by atoms with Crippen LogP contribution in [0.25, 0.3) is 0 Å². The molecule has 1 heterocycles. The number of oxime groups is 1. The molecule has 1 aromatic heterocycles. The first-order valence-electron chi connectivity index (χ1n) is 5.40. The number of aromatic nitrogens is 1. The van der Waals surface area contributed by atoms with Crippen LogP contribution in [0, 0.1) is 0 Å². The average Bonchev–Trinajstić information content (AvgIpc) is 2.97. The largest absolute Gasteiger partial charge is 0.497 e. The van der Waals surface area contributed by atoms with Gasteiger partial charge in [0.05, 0.1) is 17.5 Å². The maximum absolute atomic E-state index is 8.70. The first-order chi connectivity index (χ1) is 9.22. The Kier molecular flexibility index (Phi) is 4.19. The van der Waals surface area contributed by atoms with Gasteiger partial charge in [0.1, 0.15) is 18.1 Å². The molecule has 0 aliphatic rings. The van der Waals surface area contributed by atoms with Gasteiger partial charge in [-0.2, -0.15) is 0 Å². The Morgan fingerprint density at radius 1 is 1.42 bits per heavy atom. The number of thiazole rings is 1. The average molecular weight is 279 g/mol. The van der Waals surface area contributed by atoms with E-state index in [0.29, 0.717) is 23.7 Å². The number of nitrogens with zero attached hydrogens (tertiary/aromatic N) is 2. The molecule has 0 radical (unpaired) electrons. The Balaban J connectivity index is 2.19. The van der Waals surface area contributed by atoms with E-state index >= 15 is 0 Å². The summed E-state index contributed by atoms with van der Waals surface area (Å²) in [6.07, 6.45) is 1.75. The molecule has 6 nitrogen and oxygen atoms in total. The molecule has 0 spiro atoms. The highest BCUT2D eigenvalue weighted by Crippen LogP contribution is 2.24. The summed E-state index contributed by atoms with van der Waals surface area (Å²) in [5.41, 5.74) is 7.83. The topological polar surface area (TPSA) is 90.0 Å². The van der Waals surface area contributed by atoms with Gasteiger partial charge in [0, 0.05) is 17.8 Å². The van der Waals surface area contributed by atoms with Crippen molar-refractivity contribution in [1.29, 1.82) is 0 Å². The number of hydrogen-bond acceptors (Lipinski definition) is 6. The van der Waals surface area contributed by atoms with Crippen LogP contribution in [0.3, 0.4) is 0 Å².